The van der Waals surface area contributed by atoms with Crippen molar-refractivity contribution in [3.8, 4) is 24.3 Å². The summed E-state index contributed by atoms with van der Waals surface area (Å²) in [6, 6.07) is 8.66. The number of ether oxygens (including phenoxy) is 8. The van der Waals surface area contributed by atoms with Gasteiger partial charge in [0.05, 0.1) is 136 Å². The van der Waals surface area contributed by atoms with E-state index in [0.717, 1.165) is 130 Å². The number of rotatable bonds is 70. The van der Waals surface area contributed by atoms with Gasteiger partial charge in [0.2, 0.25) is 0 Å². The van der Waals surface area contributed by atoms with Crippen LogP contribution in [0, 0.1) is 45.3 Å². The summed E-state index contributed by atoms with van der Waals surface area (Å²) >= 11 is 0. The van der Waals surface area contributed by atoms with E-state index in [9.17, 15) is 0 Å². The Labute approximate surface area is 524 Å². The summed E-state index contributed by atoms with van der Waals surface area (Å²) in [5.74, 6) is 0. The van der Waals surface area contributed by atoms with Crippen LogP contribution in [0.15, 0.2) is 20.6 Å². The van der Waals surface area contributed by atoms with E-state index in [1.54, 1.807) is 24.9 Å². The second-order valence-corrected chi connectivity index (χ2v) is 19.8. The maximum atomic E-state index is 9.09. The molecule has 0 aromatic heterocycles. The van der Waals surface area contributed by atoms with Crippen LogP contribution in [0.2, 0.25) is 0 Å². The largest absolute Gasteiger partial charge is 0.394 e. The molecule has 0 aromatic carbocycles. The van der Waals surface area contributed by atoms with Crippen molar-refractivity contribution in [1.29, 1.82) is 21.0 Å². The Bertz CT molecular complexity index is 1530. The predicted molar refractivity (Wildman–Crippen MR) is 339 cm³/mol. The summed E-state index contributed by atoms with van der Waals surface area (Å²) in [6.45, 7) is 30.0. The Morgan fingerprint density at radius 2 is 0.471 bits per heavy atom. The molecule has 0 aromatic rings. The van der Waals surface area contributed by atoms with Gasteiger partial charge in [-0.1, -0.05) is 48.3 Å². The van der Waals surface area contributed by atoms with Gasteiger partial charge in [0.15, 0.2) is 0 Å². The van der Waals surface area contributed by atoms with Crippen LogP contribution in [-0.2, 0) is 57.2 Å². The minimum atomic E-state index is 0.359. The molecule has 0 unspecified atom stereocenters. The minimum absolute atomic E-state index is 0.359. The van der Waals surface area contributed by atoms with E-state index in [-0.39, 0.29) is 0 Å². The van der Waals surface area contributed by atoms with Crippen LogP contribution in [0.3, 0.4) is 0 Å². The SMILES string of the molecule is CCC=NOCCOCCN(CCOCCON=CCC)CCN(CCN(CCOCCON=CCC)CCOCCON=CCC)CN(CCN(CCCOCCC#N)CCCOCCC#N)CCN(CCCOCCC#N)CCCOCCC#N. The molecule has 0 aliphatic heterocycles. The molecule has 26 heteroatoms. The highest BCUT2D eigenvalue weighted by molar-refractivity contribution is 5.56. The highest BCUT2D eigenvalue weighted by Crippen LogP contribution is 2.07. The van der Waals surface area contributed by atoms with E-state index < -0.39 is 0 Å². The van der Waals surface area contributed by atoms with Gasteiger partial charge in [-0.3, -0.25) is 19.6 Å². The van der Waals surface area contributed by atoms with Crippen LogP contribution < -0.4 is 0 Å². The molecule has 0 saturated heterocycles. The zero-order chi connectivity index (χ0) is 63.1. The topological polar surface area (TPSA) is 275 Å². The molecule has 0 fully saturated rings. The van der Waals surface area contributed by atoms with Gasteiger partial charge in [0.1, 0.15) is 26.4 Å². The Balaban J connectivity index is 7.18. The van der Waals surface area contributed by atoms with Crippen LogP contribution in [0.5, 0.6) is 0 Å². The lowest BCUT2D eigenvalue weighted by Crippen LogP contribution is -2.49. The molecule has 0 spiro atoms. The van der Waals surface area contributed by atoms with Crippen molar-refractivity contribution in [3.05, 3.63) is 0 Å². The molecule has 0 radical (unpaired) electrons. The van der Waals surface area contributed by atoms with Crippen LogP contribution >= 0.6 is 0 Å². The zero-order valence-corrected chi connectivity index (χ0v) is 54.1. The van der Waals surface area contributed by atoms with Crippen molar-refractivity contribution in [1.82, 2.24) is 29.4 Å². The van der Waals surface area contributed by atoms with Crippen molar-refractivity contribution in [2.45, 2.75) is 105 Å². The van der Waals surface area contributed by atoms with E-state index in [4.69, 9.17) is 78.3 Å². The first-order valence-electron chi connectivity index (χ1n) is 32.0. The third-order valence-corrected chi connectivity index (χ3v) is 12.6. The van der Waals surface area contributed by atoms with Gasteiger partial charge < -0.3 is 67.0 Å². The van der Waals surface area contributed by atoms with E-state index in [2.05, 4.69) is 74.3 Å². The first-order valence-corrected chi connectivity index (χ1v) is 32.0. The lowest BCUT2D eigenvalue weighted by atomic mass is 10.3. The molecular formula is C61H114N14O12. The van der Waals surface area contributed by atoms with Crippen LogP contribution in [0.1, 0.15) is 105 Å². The molecule has 500 valence electrons. The smallest absolute Gasteiger partial charge is 0.140 e. The Morgan fingerprint density at radius 1 is 0.253 bits per heavy atom. The lowest BCUT2D eigenvalue weighted by molar-refractivity contribution is 0.0175. The molecule has 0 saturated carbocycles. The fourth-order valence-corrected chi connectivity index (χ4v) is 7.99. The van der Waals surface area contributed by atoms with Gasteiger partial charge >= 0.3 is 0 Å². The Hall–Kier alpha value is -4.72. The van der Waals surface area contributed by atoms with Crippen LogP contribution in [-0.4, -0.2) is 298 Å². The first kappa shape index (κ1) is 82.3. The quantitative estimate of drug-likeness (QED) is 0.0303. The average Bonchev–Trinajstić information content (AvgIpc) is 3.54. The lowest BCUT2D eigenvalue weighted by Gasteiger charge is -2.36. The number of hydrogen-bond acceptors (Lipinski definition) is 26. The molecular weight excluding hydrogens is 1120 g/mol. The second kappa shape index (κ2) is 70.4. The van der Waals surface area contributed by atoms with E-state index in [1.807, 2.05) is 27.7 Å². The van der Waals surface area contributed by atoms with Gasteiger partial charge in [-0.15, -0.1) is 0 Å². The van der Waals surface area contributed by atoms with E-state index in [0.29, 0.717) is 191 Å². The Morgan fingerprint density at radius 3 is 0.701 bits per heavy atom. The molecule has 0 aliphatic rings. The third-order valence-electron chi connectivity index (χ3n) is 12.6. The van der Waals surface area contributed by atoms with Crippen molar-refractivity contribution in [3.63, 3.8) is 0 Å². The monoisotopic (exact) mass is 1230 g/mol. The molecule has 26 nitrogen and oxygen atoms in total. The van der Waals surface area contributed by atoms with Crippen molar-refractivity contribution < 1.29 is 57.2 Å². The summed E-state index contributed by atoms with van der Waals surface area (Å²) < 4.78 is 47.5. The van der Waals surface area contributed by atoms with Crippen molar-refractivity contribution in [2.24, 2.45) is 20.6 Å². The fourth-order valence-electron chi connectivity index (χ4n) is 7.99. The molecule has 0 heterocycles. The predicted octanol–water partition coefficient (Wildman–Crippen LogP) is 5.75. The molecule has 0 atom stereocenters. The molecule has 0 N–H and O–H groups in total. The highest BCUT2D eigenvalue weighted by atomic mass is 16.7. The van der Waals surface area contributed by atoms with Gasteiger partial charge in [-0.25, -0.2) is 0 Å². The van der Waals surface area contributed by atoms with E-state index in [1.165, 1.54) is 0 Å². The van der Waals surface area contributed by atoms with E-state index >= 15 is 0 Å². The normalized spacial score (nSPS) is 11.9. The fraction of sp³-hybridized carbons (Fsp3) is 0.869. The maximum absolute atomic E-state index is 9.09. The van der Waals surface area contributed by atoms with Crippen LogP contribution in [0.4, 0.5) is 0 Å². The number of nitriles is 4. The average molecular weight is 1240 g/mol. The van der Waals surface area contributed by atoms with Gasteiger partial charge in [0, 0.05) is 156 Å². The van der Waals surface area contributed by atoms with Gasteiger partial charge in [-0.05, 0) is 51.4 Å². The molecule has 87 heavy (non-hydrogen) atoms. The number of oxime groups is 4. The highest BCUT2D eigenvalue weighted by Gasteiger charge is 2.19. The first-order chi connectivity index (χ1) is 43.0. The molecule has 0 amide bonds. The number of hydrogen-bond donors (Lipinski definition) is 0. The summed E-state index contributed by atoms with van der Waals surface area (Å²) in [5.41, 5.74) is 0. The second-order valence-electron chi connectivity index (χ2n) is 19.8. The molecule has 0 rings (SSSR count). The van der Waals surface area contributed by atoms with Gasteiger partial charge in [-0.2, -0.15) is 21.0 Å². The number of nitrogens with zero attached hydrogens (tertiary/aromatic N) is 14. The standard InChI is InChI=1S/C61H114N14O12/c1-5-21-66-84-57-53-80-49-37-72(38-50-81-54-58-85-67-22-6-2)31-35-75(36-32-73(39-51-82-55-59-86-68-23-7-3)40-52-83-56-60-87-69-24-8-4)61-74(33-29-70(25-13-45-76-41-9-17-62)26-14-46-77-42-10-18-63)34-30-71(27-15-47-78-43-11-19-64)28-16-48-79-44-12-20-65/h21-24H,5-16,25-61H2,1-4H3. The van der Waals surface area contributed by atoms with Crippen molar-refractivity contribution >= 4 is 24.9 Å². The summed E-state index contributed by atoms with van der Waals surface area (Å²) in [4.78, 5) is 36.3. The van der Waals surface area contributed by atoms with Gasteiger partial charge in [0.25, 0.3) is 0 Å². The third kappa shape index (κ3) is 61.3. The maximum Gasteiger partial charge on any atom is 0.140 e. The van der Waals surface area contributed by atoms with Crippen LogP contribution in [0.25, 0.3) is 0 Å². The molecule has 0 aliphatic carbocycles. The summed E-state index contributed by atoms with van der Waals surface area (Å²) in [5, 5.41) is 52.2. The minimum Gasteiger partial charge on any atom is -0.394 e. The molecule has 0 bridgehead atoms. The Kier molecular flexibility index (Phi) is 66.6. The zero-order valence-electron chi connectivity index (χ0n) is 54.1. The summed E-state index contributed by atoms with van der Waals surface area (Å²) in [7, 11) is 0. The summed E-state index contributed by atoms with van der Waals surface area (Å²) in [6.07, 6.45) is 14.8. The van der Waals surface area contributed by atoms with Crippen molar-refractivity contribution in [2.75, 3.05) is 244 Å².